The molecule has 40 heavy (non-hydrogen) atoms. The molecule has 0 atom stereocenters. The second-order valence-electron chi connectivity index (χ2n) is 7.92. The molecule has 0 bridgehead atoms. The van der Waals surface area contributed by atoms with Crippen LogP contribution in [0.4, 0.5) is 50.9 Å². The van der Waals surface area contributed by atoms with Crippen LogP contribution in [0.25, 0.3) is 16.9 Å². The van der Waals surface area contributed by atoms with Crippen LogP contribution in [0, 0.1) is 0 Å². The number of hydrogen-bond donors (Lipinski definition) is 2. The fourth-order valence-corrected chi connectivity index (χ4v) is 3.61. The zero-order chi connectivity index (χ0) is 29.3. The molecule has 4 aromatic rings. The maximum absolute atomic E-state index is 12.8. The molecule has 0 radical (unpaired) electrons. The number of nitrogens with zero attached hydrogens (tertiary/aromatic N) is 1. The molecule has 0 fully saturated rings. The summed E-state index contributed by atoms with van der Waals surface area (Å²) in [5.41, 5.74) is 0.420. The van der Waals surface area contributed by atoms with E-state index in [2.05, 4.69) is 19.5 Å². The molecule has 0 saturated heterocycles. The molecule has 4 rings (SSSR count). The quantitative estimate of drug-likeness (QED) is 0.216. The maximum Gasteiger partial charge on any atom is 0.573 e. The summed E-state index contributed by atoms with van der Waals surface area (Å²) in [5.74, 6) is -2.19. The van der Waals surface area contributed by atoms with Crippen LogP contribution in [0.1, 0.15) is 0 Å². The van der Waals surface area contributed by atoms with Crippen LogP contribution in [0.5, 0.6) is 23.1 Å². The van der Waals surface area contributed by atoms with E-state index in [0.717, 1.165) is 53.1 Å². The number of anilines is 2. The molecule has 0 aliphatic rings. The molecule has 15 heteroatoms. The monoisotopic (exact) mass is 578 g/mol. The number of hydrogen-bond acceptors (Lipinski definition) is 5. The SMILES string of the molecule is Oc1c(Nc2ccc(OC(F)(F)F)cc2)cc(-c2cccc(OC(F)(F)F)c2)n1-c1ccc(OC(F)(F)F)cc1. The van der Waals surface area contributed by atoms with E-state index in [1.54, 1.807) is 0 Å². The zero-order valence-corrected chi connectivity index (χ0v) is 19.5. The minimum atomic E-state index is -4.99. The molecule has 0 unspecified atom stereocenters. The Hall–Kier alpha value is -4.69. The molecule has 0 amide bonds. The van der Waals surface area contributed by atoms with E-state index < -0.39 is 42.2 Å². The van der Waals surface area contributed by atoms with Gasteiger partial charge >= 0.3 is 19.1 Å². The number of aromatic nitrogens is 1. The van der Waals surface area contributed by atoms with E-state index in [9.17, 15) is 44.6 Å². The molecule has 0 aliphatic carbocycles. The van der Waals surface area contributed by atoms with Gasteiger partial charge in [0.2, 0.25) is 5.88 Å². The fourth-order valence-electron chi connectivity index (χ4n) is 3.61. The highest BCUT2D eigenvalue weighted by Gasteiger charge is 2.33. The van der Waals surface area contributed by atoms with Gasteiger partial charge in [-0.1, -0.05) is 12.1 Å². The Labute approximate surface area is 218 Å². The van der Waals surface area contributed by atoms with Gasteiger partial charge < -0.3 is 24.6 Å². The minimum absolute atomic E-state index is 0.0442. The summed E-state index contributed by atoms with van der Waals surface area (Å²) < 4.78 is 126. The zero-order valence-electron chi connectivity index (χ0n) is 19.5. The lowest BCUT2D eigenvalue weighted by Crippen LogP contribution is -2.17. The van der Waals surface area contributed by atoms with Gasteiger partial charge in [-0.2, -0.15) is 0 Å². The maximum atomic E-state index is 12.8. The molecule has 212 valence electrons. The third-order valence-corrected chi connectivity index (χ3v) is 5.03. The summed E-state index contributed by atoms with van der Waals surface area (Å²) in [6, 6.07) is 14.7. The lowest BCUT2D eigenvalue weighted by atomic mass is 10.1. The number of benzene rings is 3. The van der Waals surface area contributed by atoms with Gasteiger partial charge in [0.05, 0.1) is 5.69 Å². The first-order chi connectivity index (χ1) is 18.6. The van der Waals surface area contributed by atoms with Crippen molar-refractivity contribution in [3.05, 3.63) is 78.9 Å². The van der Waals surface area contributed by atoms with Gasteiger partial charge in [-0.25, -0.2) is 0 Å². The topological polar surface area (TPSA) is 64.9 Å². The van der Waals surface area contributed by atoms with Crippen molar-refractivity contribution in [3.8, 4) is 40.1 Å². The van der Waals surface area contributed by atoms with Gasteiger partial charge in [0.15, 0.2) is 0 Å². The minimum Gasteiger partial charge on any atom is -0.493 e. The summed E-state index contributed by atoms with van der Waals surface area (Å²) in [5, 5.41) is 13.8. The van der Waals surface area contributed by atoms with E-state index in [0.29, 0.717) is 0 Å². The molecule has 2 N–H and O–H groups in total. The third-order valence-electron chi connectivity index (χ3n) is 5.03. The van der Waals surface area contributed by atoms with Crippen molar-refractivity contribution in [2.45, 2.75) is 19.1 Å². The van der Waals surface area contributed by atoms with Gasteiger partial charge in [-0.3, -0.25) is 4.57 Å². The van der Waals surface area contributed by atoms with Crippen LogP contribution < -0.4 is 19.5 Å². The van der Waals surface area contributed by atoms with Crippen LogP contribution in [-0.2, 0) is 0 Å². The van der Waals surface area contributed by atoms with E-state index >= 15 is 0 Å². The van der Waals surface area contributed by atoms with Crippen molar-refractivity contribution >= 4 is 11.4 Å². The van der Waals surface area contributed by atoms with Crippen molar-refractivity contribution in [1.82, 2.24) is 4.57 Å². The largest absolute Gasteiger partial charge is 0.573 e. The highest BCUT2D eigenvalue weighted by Crippen LogP contribution is 2.40. The predicted molar refractivity (Wildman–Crippen MR) is 123 cm³/mol. The van der Waals surface area contributed by atoms with E-state index in [1.165, 1.54) is 30.3 Å². The Bertz CT molecular complexity index is 1460. The number of ether oxygens (including phenoxy) is 3. The first-order valence-electron chi connectivity index (χ1n) is 10.9. The average molecular weight is 578 g/mol. The molecule has 1 aromatic heterocycles. The van der Waals surface area contributed by atoms with Gasteiger partial charge in [-0.15, -0.1) is 39.5 Å². The summed E-state index contributed by atoms with van der Waals surface area (Å²) in [7, 11) is 0. The standard InChI is InChI=1S/C25H15F9N2O4/c26-23(27,28)38-17-8-4-15(5-9-17)35-20-13-21(14-2-1-3-19(12-14)40-25(32,33)34)36(22(20)37)16-6-10-18(11-7-16)39-24(29,30)31/h1-13,35,37H. The molecular weight excluding hydrogens is 563 g/mol. The lowest BCUT2D eigenvalue weighted by molar-refractivity contribution is -0.275. The Balaban J connectivity index is 1.74. The highest BCUT2D eigenvalue weighted by molar-refractivity contribution is 5.77. The van der Waals surface area contributed by atoms with E-state index in [-0.39, 0.29) is 28.3 Å². The number of nitrogens with one attached hydrogen (secondary N) is 1. The molecule has 0 spiro atoms. The first kappa shape index (κ1) is 28.3. The molecule has 0 saturated carbocycles. The fraction of sp³-hybridized carbons (Fsp3) is 0.120. The average Bonchev–Trinajstić information content (AvgIpc) is 3.14. The summed E-state index contributed by atoms with van der Waals surface area (Å²) >= 11 is 0. The Morgan fingerprint density at radius 1 is 0.600 bits per heavy atom. The summed E-state index contributed by atoms with van der Waals surface area (Å²) in [6.07, 6.45) is -14.9. The smallest absolute Gasteiger partial charge is 0.493 e. The van der Waals surface area contributed by atoms with Crippen LogP contribution in [-0.4, -0.2) is 28.8 Å². The predicted octanol–water partition coefficient (Wildman–Crippen LogP) is 8.29. The van der Waals surface area contributed by atoms with Gasteiger partial charge in [-0.05, 0) is 66.7 Å². The van der Waals surface area contributed by atoms with Gasteiger partial charge in [0, 0.05) is 16.9 Å². The normalized spacial score (nSPS) is 12.2. The Morgan fingerprint density at radius 3 is 1.62 bits per heavy atom. The number of aromatic hydroxyl groups is 1. The van der Waals surface area contributed by atoms with E-state index in [4.69, 9.17) is 0 Å². The van der Waals surface area contributed by atoms with Crippen molar-refractivity contribution < 1.29 is 58.8 Å². The first-order valence-corrected chi connectivity index (χ1v) is 10.9. The second kappa shape index (κ2) is 10.5. The van der Waals surface area contributed by atoms with Crippen molar-refractivity contribution in [3.63, 3.8) is 0 Å². The molecular formula is C25H15F9N2O4. The van der Waals surface area contributed by atoms with Crippen LogP contribution >= 0.6 is 0 Å². The van der Waals surface area contributed by atoms with Crippen molar-refractivity contribution in [2.75, 3.05) is 5.32 Å². The molecule has 1 heterocycles. The lowest BCUT2D eigenvalue weighted by Gasteiger charge is -2.14. The van der Waals surface area contributed by atoms with Crippen molar-refractivity contribution in [1.29, 1.82) is 0 Å². The number of halogens is 9. The van der Waals surface area contributed by atoms with E-state index in [1.807, 2.05) is 0 Å². The molecule has 3 aromatic carbocycles. The number of rotatable bonds is 7. The second-order valence-corrected chi connectivity index (χ2v) is 7.92. The molecule has 6 nitrogen and oxygen atoms in total. The Kier molecular flexibility index (Phi) is 7.41. The Morgan fingerprint density at radius 2 is 1.10 bits per heavy atom. The summed E-state index contributed by atoms with van der Waals surface area (Å²) in [4.78, 5) is 0. The molecule has 0 aliphatic heterocycles. The van der Waals surface area contributed by atoms with Crippen molar-refractivity contribution in [2.24, 2.45) is 0 Å². The van der Waals surface area contributed by atoms with Crippen LogP contribution in [0.3, 0.4) is 0 Å². The van der Waals surface area contributed by atoms with Crippen LogP contribution in [0.2, 0.25) is 0 Å². The highest BCUT2D eigenvalue weighted by atomic mass is 19.4. The third kappa shape index (κ3) is 7.45. The number of alkyl halides is 9. The van der Waals surface area contributed by atoms with Gasteiger partial charge in [0.1, 0.15) is 22.9 Å². The summed E-state index contributed by atoms with van der Waals surface area (Å²) in [6.45, 7) is 0. The van der Waals surface area contributed by atoms with Gasteiger partial charge in [0.25, 0.3) is 0 Å². The van der Waals surface area contributed by atoms with Crippen LogP contribution in [0.15, 0.2) is 78.9 Å².